The van der Waals surface area contributed by atoms with E-state index in [0.717, 1.165) is 52.0 Å². The van der Waals surface area contributed by atoms with Crippen molar-refractivity contribution in [2.24, 2.45) is 10.4 Å². The number of allylic oxidation sites excluding steroid dienone is 1. The second-order valence-corrected chi connectivity index (χ2v) is 5.83. The third kappa shape index (κ3) is 2.34. The standard InChI is InChI=1S/C15H23N3O/c19-14(18-11-1-2-12-18)15(5-9-17-10-6-15)13-3-7-16-8-4-13/h3,7,17H,1-2,4-6,8-12H2. The Kier molecular flexibility index (Phi) is 3.69. The van der Waals surface area contributed by atoms with Crippen LogP contribution in [0.4, 0.5) is 0 Å². The highest BCUT2D eigenvalue weighted by Gasteiger charge is 2.45. The van der Waals surface area contributed by atoms with Crippen LogP contribution >= 0.6 is 0 Å². The van der Waals surface area contributed by atoms with Gasteiger partial charge in [-0.1, -0.05) is 5.57 Å². The Hall–Kier alpha value is -1.16. The van der Waals surface area contributed by atoms with Crippen LogP contribution in [0.1, 0.15) is 32.1 Å². The lowest BCUT2D eigenvalue weighted by atomic mass is 9.70. The van der Waals surface area contributed by atoms with E-state index in [1.54, 1.807) is 0 Å². The van der Waals surface area contributed by atoms with Crippen molar-refractivity contribution in [3.8, 4) is 0 Å². The molecule has 0 atom stereocenters. The summed E-state index contributed by atoms with van der Waals surface area (Å²) < 4.78 is 0. The van der Waals surface area contributed by atoms with E-state index in [4.69, 9.17) is 0 Å². The fraction of sp³-hybridized carbons (Fsp3) is 0.733. The molecule has 1 N–H and O–H groups in total. The number of aliphatic imine (C=N–C) groups is 1. The number of hydrogen-bond donors (Lipinski definition) is 1. The first-order chi connectivity index (χ1) is 9.33. The van der Waals surface area contributed by atoms with E-state index < -0.39 is 0 Å². The number of carbonyl (C=O) groups excluding carboxylic acids is 1. The van der Waals surface area contributed by atoms with Crippen molar-refractivity contribution in [2.75, 3.05) is 32.7 Å². The van der Waals surface area contributed by atoms with E-state index in [0.29, 0.717) is 5.91 Å². The van der Waals surface area contributed by atoms with Crippen molar-refractivity contribution < 1.29 is 4.79 Å². The third-order valence-corrected chi connectivity index (χ3v) is 4.77. The predicted molar refractivity (Wildman–Crippen MR) is 76.4 cm³/mol. The van der Waals surface area contributed by atoms with Crippen molar-refractivity contribution in [1.29, 1.82) is 0 Å². The fourth-order valence-electron chi connectivity index (χ4n) is 3.63. The van der Waals surface area contributed by atoms with Gasteiger partial charge >= 0.3 is 0 Å². The lowest BCUT2D eigenvalue weighted by Crippen LogP contribution is -2.50. The molecule has 0 aromatic heterocycles. The fourth-order valence-corrected chi connectivity index (χ4v) is 3.63. The van der Waals surface area contributed by atoms with E-state index in [9.17, 15) is 4.79 Å². The second kappa shape index (κ2) is 5.45. The van der Waals surface area contributed by atoms with E-state index >= 15 is 0 Å². The molecule has 3 aliphatic rings. The number of likely N-dealkylation sites (tertiary alicyclic amines) is 1. The zero-order valence-corrected chi connectivity index (χ0v) is 11.5. The van der Waals surface area contributed by atoms with Gasteiger partial charge in [-0.3, -0.25) is 9.79 Å². The van der Waals surface area contributed by atoms with Crippen LogP contribution in [0, 0.1) is 5.41 Å². The van der Waals surface area contributed by atoms with Crippen molar-refractivity contribution in [2.45, 2.75) is 32.1 Å². The highest BCUT2D eigenvalue weighted by atomic mass is 16.2. The molecule has 0 aliphatic carbocycles. The smallest absolute Gasteiger partial charge is 0.232 e. The summed E-state index contributed by atoms with van der Waals surface area (Å²) >= 11 is 0. The third-order valence-electron chi connectivity index (χ3n) is 4.77. The molecule has 3 heterocycles. The topological polar surface area (TPSA) is 44.7 Å². The summed E-state index contributed by atoms with van der Waals surface area (Å²) in [4.78, 5) is 19.4. The molecule has 0 unspecified atom stereocenters. The normalized spacial score (nSPS) is 26.3. The van der Waals surface area contributed by atoms with Crippen LogP contribution < -0.4 is 5.32 Å². The molecule has 1 amide bonds. The quantitative estimate of drug-likeness (QED) is 0.816. The van der Waals surface area contributed by atoms with Crippen molar-refractivity contribution in [3.63, 3.8) is 0 Å². The molecule has 0 spiro atoms. The molecule has 104 valence electrons. The van der Waals surface area contributed by atoms with Crippen LogP contribution in [0.15, 0.2) is 16.6 Å². The SMILES string of the molecule is O=C(N1CCCC1)C1(C2=CC=NCC2)CCNCC1. The minimum Gasteiger partial charge on any atom is -0.342 e. The molecule has 4 heteroatoms. The minimum atomic E-state index is -0.234. The number of dihydropyridines is 1. The van der Waals surface area contributed by atoms with Gasteiger partial charge in [0.1, 0.15) is 0 Å². The van der Waals surface area contributed by atoms with Gasteiger partial charge in [-0.2, -0.15) is 0 Å². The molecule has 0 saturated carbocycles. The van der Waals surface area contributed by atoms with Gasteiger partial charge in [0.25, 0.3) is 0 Å². The van der Waals surface area contributed by atoms with Gasteiger partial charge in [-0.05, 0) is 51.3 Å². The van der Waals surface area contributed by atoms with Gasteiger partial charge in [0.2, 0.25) is 5.91 Å². The summed E-state index contributed by atoms with van der Waals surface area (Å²) in [5.74, 6) is 0.382. The molecule has 4 nitrogen and oxygen atoms in total. The molecular weight excluding hydrogens is 238 g/mol. The molecule has 3 aliphatic heterocycles. The summed E-state index contributed by atoms with van der Waals surface area (Å²) in [7, 11) is 0. The lowest BCUT2D eigenvalue weighted by molar-refractivity contribution is -0.140. The highest BCUT2D eigenvalue weighted by Crippen LogP contribution is 2.41. The van der Waals surface area contributed by atoms with Crippen molar-refractivity contribution in [1.82, 2.24) is 10.2 Å². The largest absolute Gasteiger partial charge is 0.342 e. The van der Waals surface area contributed by atoms with Gasteiger partial charge in [0.05, 0.1) is 5.41 Å². The van der Waals surface area contributed by atoms with Gasteiger partial charge in [-0.15, -0.1) is 0 Å². The van der Waals surface area contributed by atoms with E-state index in [-0.39, 0.29) is 5.41 Å². The number of nitrogens with one attached hydrogen (secondary N) is 1. The molecule has 0 aromatic carbocycles. The van der Waals surface area contributed by atoms with Crippen LogP contribution in [-0.4, -0.2) is 49.7 Å². The van der Waals surface area contributed by atoms with Gasteiger partial charge in [0, 0.05) is 25.8 Å². The minimum absolute atomic E-state index is 0.234. The Morgan fingerprint density at radius 3 is 2.63 bits per heavy atom. The van der Waals surface area contributed by atoms with E-state index in [2.05, 4.69) is 21.3 Å². The second-order valence-electron chi connectivity index (χ2n) is 5.83. The lowest BCUT2D eigenvalue weighted by Gasteiger charge is -2.41. The van der Waals surface area contributed by atoms with E-state index in [1.165, 1.54) is 18.4 Å². The Morgan fingerprint density at radius 2 is 2.00 bits per heavy atom. The maximum Gasteiger partial charge on any atom is 0.232 e. The first kappa shape index (κ1) is 12.9. The summed E-state index contributed by atoms with van der Waals surface area (Å²) in [5.41, 5.74) is 1.09. The van der Waals surface area contributed by atoms with Crippen LogP contribution in [0.3, 0.4) is 0 Å². The molecule has 2 saturated heterocycles. The number of hydrogen-bond acceptors (Lipinski definition) is 3. The van der Waals surface area contributed by atoms with Gasteiger partial charge in [0.15, 0.2) is 0 Å². The molecule has 0 bridgehead atoms. The number of rotatable bonds is 2. The Balaban J connectivity index is 1.89. The summed E-state index contributed by atoms with van der Waals surface area (Å²) in [6, 6.07) is 0. The maximum absolute atomic E-state index is 13.0. The molecule has 3 rings (SSSR count). The molecule has 0 radical (unpaired) electrons. The van der Waals surface area contributed by atoms with Crippen LogP contribution in [0.5, 0.6) is 0 Å². The molecule has 0 aromatic rings. The highest BCUT2D eigenvalue weighted by molar-refractivity contribution is 5.88. The predicted octanol–water partition coefficient (Wildman–Crippen LogP) is 1.38. The monoisotopic (exact) mass is 261 g/mol. The summed E-state index contributed by atoms with van der Waals surface area (Å²) in [6.07, 6.45) is 9.17. The summed E-state index contributed by atoms with van der Waals surface area (Å²) in [5, 5.41) is 3.39. The van der Waals surface area contributed by atoms with Gasteiger partial charge in [-0.25, -0.2) is 0 Å². The maximum atomic E-state index is 13.0. The van der Waals surface area contributed by atoms with Gasteiger partial charge < -0.3 is 10.2 Å². The number of amides is 1. The first-order valence-electron chi connectivity index (χ1n) is 7.52. The first-order valence-corrected chi connectivity index (χ1v) is 7.52. The van der Waals surface area contributed by atoms with Crippen molar-refractivity contribution in [3.05, 3.63) is 11.6 Å². The molecule has 2 fully saturated rings. The zero-order valence-electron chi connectivity index (χ0n) is 11.5. The Morgan fingerprint density at radius 1 is 1.26 bits per heavy atom. The van der Waals surface area contributed by atoms with E-state index in [1.807, 2.05) is 6.21 Å². The molecular formula is C15H23N3O. The zero-order chi connectivity index (χ0) is 13.1. The average Bonchev–Trinajstić information content (AvgIpc) is 3.02. The van der Waals surface area contributed by atoms with Crippen LogP contribution in [0.2, 0.25) is 0 Å². The Bertz CT molecular complexity index is 402. The Labute approximate surface area is 115 Å². The summed E-state index contributed by atoms with van der Waals surface area (Å²) in [6.45, 7) is 4.65. The number of carbonyl (C=O) groups is 1. The van der Waals surface area contributed by atoms with Crippen molar-refractivity contribution >= 4 is 12.1 Å². The number of nitrogens with zero attached hydrogens (tertiary/aromatic N) is 2. The average molecular weight is 261 g/mol. The van der Waals surface area contributed by atoms with Crippen LogP contribution in [0.25, 0.3) is 0 Å². The van der Waals surface area contributed by atoms with Crippen LogP contribution in [-0.2, 0) is 4.79 Å². The number of piperidine rings is 1. The molecule has 19 heavy (non-hydrogen) atoms.